The van der Waals surface area contributed by atoms with Crippen molar-refractivity contribution in [1.29, 1.82) is 0 Å². The molecule has 0 saturated carbocycles. The lowest BCUT2D eigenvalue weighted by Gasteiger charge is -2.34. The van der Waals surface area contributed by atoms with Crippen LogP contribution in [0.2, 0.25) is 0 Å². The first-order valence-electron chi connectivity index (χ1n) is 8.97. The molecule has 0 amide bonds. The van der Waals surface area contributed by atoms with Gasteiger partial charge in [-0.15, -0.1) is 0 Å². The van der Waals surface area contributed by atoms with Gasteiger partial charge in [0.15, 0.2) is 0 Å². The summed E-state index contributed by atoms with van der Waals surface area (Å²) in [5.41, 5.74) is 4.33. The second kappa shape index (κ2) is 8.45. The third-order valence-electron chi connectivity index (χ3n) is 4.83. The minimum absolute atomic E-state index is 0.164. The summed E-state index contributed by atoms with van der Waals surface area (Å²) in [6.45, 7) is 7.90. The van der Waals surface area contributed by atoms with Gasteiger partial charge in [-0.1, -0.05) is 42.5 Å². The number of hydrogen-bond acceptors (Lipinski definition) is 3. The summed E-state index contributed by atoms with van der Waals surface area (Å²) in [4.78, 5) is 2.23. The molecule has 134 valence electrons. The van der Waals surface area contributed by atoms with Gasteiger partial charge in [0.2, 0.25) is 0 Å². The Labute approximate surface area is 149 Å². The van der Waals surface area contributed by atoms with Crippen LogP contribution in [-0.2, 0) is 6.61 Å². The van der Waals surface area contributed by atoms with E-state index in [0.717, 1.165) is 54.2 Å². The Morgan fingerprint density at radius 1 is 1.08 bits per heavy atom. The molecule has 3 rings (SSSR count). The Hall–Kier alpha value is -1.91. The number of nitrogens with zero attached hydrogens (tertiary/aromatic N) is 1. The number of ether oxygens (including phenoxy) is 1. The van der Waals surface area contributed by atoms with Crippen molar-refractivity contribution >= 4 is 0 Å². The molecule has 25 heavy (non-hydrogen) atoms. The Bertz CT molecular complexity index is 661. The molecular formula is C21H27FN2O. The number of alkyl halides is 1. The third kappa shape index (κ3) is 4.39. The third-order valence-corrected chi connectivity index (χ3v) is 4.83. The van der Waals surface area contributed by atoms with E-state index in [1.54, 1.807) is 0 Å². The van der Waals surface area contributed by atoms with Crippen molar-refractivity contribution in [3.63, 3.8) is 0 Å². The van der Waals surface area contributed by atoms with Gasteiger partial charge in [0.1, 0.15) is 19.0 Å². The van der Waals surface area contributed by atoms with Crippen molar-refractivity contribution in [2.24, 2.45) is 0 Å². The number of nitrogens with one attached hydrogen (secondary N) is 1. The molecule has 0 radical (unpaired) electrons. The fraction of sp³-hybridized carbons (Fsp3) is 0.429. The van der Waals surface area contributed by atoms with Crippen LogP contribution in [0.4, 0.5) is 4.39 Å². The van der Waals surface area contributed by atoms with Crippen molar-refractivity contribution in [1.82, 2.24) is 10.2 Å². The van der Waals surface area contributed by atoms with E-state index in [1.165, 1.54) is 0 Å². The van der Waals surface area contributed by atoms with Crippen LogP contribution in [0.15, 0.2) is 42.5 Å². The minimum atomic E-state index is -0.358. The molecule has 1 saturated heterocycles. The second-order valence-electron chi connectivity index (χ2n) is 6.71. The zero-order chi connectivity index (χ0) is 17.6. The van der Waals surface area contributed by atoms with Crippen LogP contribution in [0.1, 0.15) is 28.3 Å². The number of hydrogen-bond donors (Lipinski definition) is 1. The van der Waals surface area contributed by atoms with Crippen molar-refractivity contribution in [3.8, 4) is 5.75 Å². The SMILES string of the molecule is Cc1cc([C@@H](CF)N2CCNCC2)cc(C)c1OCc1ccccc1. The lowest BCUT2D eigenvalue weighted by molar-refractivity contribution is 0.147. The Balaban J connectivity index is 1.76. The topological polar surface area (TPSA) is 24.5 Å². The maximum atomic E-state index is 13.8. The van der Waals surface area contributed by atoms with Crippen LogP contribution in [0.3, 0.4) is 0 Å². The fourth-order valence-electron chi connectivity index (χ4n) is 3.52. The quantitative estimate of drug-likeness (QED) is 0.864. The predicted molar refractivity (Wildman–Crippen MR) is 99.8 cm³/mol. The van der Waals surface area contributed by atoms with Crippen LogP contribution in [0.25, 0.3) is 0 Å². The van der Waals surface area contributed by atoms with E-state index in [2.05, 4.69) is 34.5 Å². The molecule has 1 fully saturated rings. The first-order chi connectivity index (χ1) is 12.2. The zero-order valence-electron chi connectivity index (χ0n) is 15.1. The van der Waals surface area contributed by atoms with Gasteiger partial charge in [-0.3, -0.25) is 4.90 Å². The normalized spacial score (nSPS) is 16.6. The molecular weight excluding hydrogens is 315 g/mol. The monoisotopic (exact) mass is 342 g/mol. The number of aryl methyl sites for hydroxylation is 2. The highest BCUT2D eigenvalue weighted by Crippen LogP contribution is 2.31. The summed E-state index contributed by atoms with van der Waals surface area (Å²) in [7, 11) is 0. The van der Waals surface area contributed by atoms with Gasteiger partial charge in [0, 0.05) is 26.2 Å². The first kappa shape index (κ1) is 17.9. The lowest BCUT2D eigenvalue weighted by atomic mass is 9.99. The molecule has 4 heteroatoms. The van der Waals surface area contributed by atoms with Gasteiger partial charge in [-0.25, -0.2) is 4.39 Å². The highest BCUT2D eigenvalue weighted by molar-refractivity contribution is 5.44. The van der Waals surface area contributed by atoms with Crippen molar-refractivity contribution in [3.05, 3.63) is 64.7 Å². The standard InChI is InChI=1S/C21H27FN2O/c1-16-12-19(20(14-22)24-10-8-23-9-11-24)13-17(2)21(16)25-15-18-6-4-3-5-7-18/h3-7,12-13,20,23H,8-11,14-15H2,1-2H3/t20-/m1/s1. The number of halogens is 1. The Morgan fingerprint density at radius 3 is 2.32 bits per heavy atom. The molecule has 2 aromatic carbocycles. The van der Waals surface area contributed by atoms with Gasteiger partial charge in [0.25, 0.3) is 0 Å². The summed E-state index contributed by atoms with van der Waals surface area (Å²) < 4.78 is 19.8. The second-order valence-corrected chi connectivity index (χ2v) is 6.71. The number of piperazine rings is 1. The van der Waals surface area contributed by atoms with Gasteiger partial charge in [-0.05, 0) is 36.1 Å². The molecule has 3 nitrogen and oxygen atoms in total. The number of benzene rings is 2. The first-order valence-corrected chi connectivity index (χ1v) is 8.97. The Kier molecular flexibility index (Phi) is 6.05. The van der Waals surface area contributed by atoms with Gasteiger partial charge >= 0.3 is 0 Å². The molecule has 0 aromatic heterocycles. The average molecular weight is 342 g/mol. The van der Waals surface area contributed by atoms with Crippen molar-refractivity contribution in [2.45, 2.75) is 26.5 Å². The lowest BCUT2D eigenvalue weighted by Crippen LogP contribution is -2.45. The van der Waals surface area contributed by atoms with Crippen molar-refractivity contribution < 1.29 is 9.13 Å². The van der Waals surface area contributed by atoms with Gasteiger partial charge in [-0.2, -0.15) is 0 Å². The highest BCUT2D eigenvalue weighted by Gasteiger charge is 2.23. The maximum absolute atomic E-state index is 13.8. The van der Waals surface area contributed by atoms with Crippen LogP contribution >= 0.6 is 0 Å². The average Bonchev–Trinajstić information content (AvgIpc) is 2.63. The van der Waals surface area contributed by atoms with Crippen LogP contribution in [-0.4, -0.2) is 37.8 Å². The fourth-order valence-corrected chi connectivity index (χ4v) is 3.52. The molecule has 2 aromatic rings. The molecule has 0 bridgehead atoms. The van der Waals surface area contributed by atoms with Crippen molar-refractivity contribution in [2.75, 3.05) is 32.9 Å². The number of rotatable bonds is 6. The molecule has 0 unspecified atom stereocenters. The summed E-state index contributed by atoms with van der Waals surface area (Å²) in [5.74, 6) is 0.908. The van der Waals surface area contributed by atoms with Crippen LogP contribution in [0.5, 0.6) is 5.75 Å². The maximum Gasteiger partial charge on any atom is 0.125 e. The molecule has 1 aliphatic heterocycles. The molecule has 1 heterocycles. The summed E-state index contributed by atoms with van der Waals surface area (Å²) >= 11 is 0. The molecule has 1 N–H and O–H groups in total. The van der Waals surface area contributed by atoms with E-state index in [1.807, 2.05) is 32.0 Å². The highest BCUT2D eigenvalue weighted by atomic mass is 19.1. The predicted octanol–water partition coefficient (Wildman–Crippen LogP) is 3.80. The van der Waals surface area contributed by atoms with E-state index in [-0.39, 0.29) is 12.7 Å². The summed E-state index contributed by atoms with van der Waals surface area (Å²) in [6, 6.07) is 14.1. The largest absolute Gasteiger partial charge is 0.488 e. The smallest absolute Gasteiger partial charge is 0.125 e. The summed E-state index contributed by atoms with van der Waals surface area (Å²) in [6.07, 6.45) is 0. The van der Waals surface area contributed by atoms with E-state index >= 15 is 0 Å². The minimum Gasteiger partial charge on any atom is -0.488 e. The zero-order valence-corrected chi connectivity index (χ0v) is 15.1. The van der Waals surface area contributed by atoms with Gasteiger partial charge < -0.3 is 10.1 Å². The molecule has 0 aliphatic carbocycles. The van der Waals surface area contributed by atoms with Gasteiger partial charge in [0.05, 0.1) is 6.04 Å². The van der Waals surface area contributed by atoms with E-state index in [4.69, 9.17) is 4.74 Å². The summed E-state index contributed by atoms with van der Waals surface area (Å²) in [5, 5.41) is 3.33. The van der Waals surface area contributed by atoms with E-state index in [9.17, 15) is 4.39 Å². The van der Waals surface area contributed by atoms with E-state index in [0.29, 0.717) is 6.61 Å². The molecule has 0 spiro atoms. The molecule has 1 aliphatic rings. The van der Waals surface area contributed by atoms with Crippen LogP contribution < -0.4 is 10.1 Å². The van der Waals surface area contributed by atoms with Crippen LogP contribution in [0, 0.1) is 13.8 Å². The molecule has 1 atom stereocenters. The Morgan fingerprint density at radius 2 is 1.72 bits per heavy atom. The van der Waals surface area contributed by atoms with E-state index < -0.39 is 0 Å².